The quantitative estimate of drug-likeness (QED) is 0.0275. The molecule has 102 heavy (non-hydrogen) atoms. The number of carbonyl (C=O) groups excluding carboxylic acids is 14. The van der Waals surface area contributed by atoms with Crippen molar-refractivity contribution in [3.8, 4) is 11.5 Å². The Morgan fingerprint density at radius 1 is 0.304 bits per heavy atom. The van der Waals surface area contributed by atoms with Gasteiger partial charge in [-0.05, 0) is 163 Å². The largest absolute Gasteiger partial charge is 0.508 e. The van der Waals surface area contributed by atoms with Gasteiger partial charge in [-0.1, -0.05) is 24.3 Å². The van der Waals surface area contributed by atoms with E-state index in [4.69, 9.17) is 22.3 Å². The molecule has 37 heteroatoms. The lowest BCUT2D eigenvalue weighted by molar-refractivity contribution is -0.141. The molecule has 0 saturated carbocycles. The molecule has 2 rings (SSSR count). The van der Waals surface area contributed by atoms with Crippen LogP contribution in [0.25, 0.3) is 0 Å². The van der Waals surface area contributed by atoms with Crippen LogP contribution in [0.2, 0.25) is 0 Å². The number of unbranched alkanes of at least 4 members (excludes halogenated alkanes) is 2. The van der Waals surface area contributed by atoms with E-state index in [-0.39, 0.29) is 63.1 Å². The molecule has 0 bridgehead atoms. The number of benzene rings is 2. The topological polar surface area (TPSA) is 601 Å². The highest BCUT2D eigenvalue weighted by atomic mass is 16.4. The molecule has 0 aliphatic rings. The summed E-state index contributed by atoms with van der Waals surface area (Å²) >= 11 is 0. The van der Waals surface area contributed by atoms with Gasteiger partial charge in [0.2, 0.25) is 82.7 Å². The van der Waals surface area contributed by atoms with Gasteiger partial charge in [-0.2, -0.15) is 0 Å². The molecule has 0 aliphatic heterocycles. The van der Waals surface area contributed by atoms with Gasteiger partial charge in [0.15, 0.2) is 0 Å². The molecule has 0 fully saturated rings. The van der Waals surface area contributed by atoms with Gasteiger partial charge in [-0.15, -0.1) is 0 Å². The normalized spacial score (nSPS) is 15.4. The number of carboxylic acids is 2. The lowest BCUT2D eigenvalue weighted by Gasteiger charge is -2.27. The minimum atomic E-state index is -1.54. The van der Waals surface area contributed by atoms with Crippen LogP contribution in [0.1, 0.15) is 132 Å². The van der Waals surface area contributed by atoms with E-state index in [1.165, 1.54) is 118 Å². The second kappa shape index (κ2) is 43.9. The third-order valence-corrected chi connectivity index (χ3v) is 15.6. The summed E-state index contributed by atoms with van der Waals surface area (Å²) in [5.41, 5.74) is 17.9. The zero-order chi connectivity index (χ0) is 77.2. The van der Waals surface area contributed by atoms with E-state index in [0.717, 1.165) is 0 Å². The standard InChI is InChI=1S/C65H101N17O20/c1-31(68)51(87)69-37(7)57(93)78-47(25-26-50(85)86)62(98)76-39(9)59(95)82-49(30-42-19-23-44(84)24-20-42)64(100)80-46(16-12-14-28-67)61(97)75-38(8)58(94)81-48(29-41-17-21-43(83)22-18-41)63(99)79-45(15-11-13-27-66)60(96)74-36(6)55(91)72-34(4)53(89)70-32(2)52(88)71-33(3)54(90)73-35(5)56(92)77-40(10)65(101)102/h17-24,31-40,45-49,83-84H,11-16,25-30,66-68H2,1-10H3,(H,69,87)(H,70,89)(H,71,88)(H,72,91)(H,73,90)(H,74,96)(H,75,97)(H,76,98)(H,77,92)(H,78,93)(H,79,99)(H,80,100)(H,81,94)(H,82,95)(H,85,86)(H,101,102)/t31-,32-,33-,34-,35-,36-,37-,38-,39-,40-,45-,46-,47-,48-,49-/m0/s1. The summed E-state index contributed by atoms with van der Waals surface area (Å²) in [6, 6.07) is -9.09. The van der Waals surface area contributed by atoms with Crippen LogP contribution in [-0.2, 0) is 89.6 Å². The lowest BCUT2D eigenvalue weighted by atomic mass is 10.0. The molecule has 0 spiro atoms. The molecule has 15 atom stereocenters. The van der Waals surface area contributed by atoms with Crippen molar-refractivity contribution in [1.29, 1.82) is 0 Å². The van der Waals surface area contributed by atoms with Gasteiger partial charge >= 0.3 is 11.9 Å². The Morgan fingerprint density at radius 3 is 0.794 bits per heavy atom. The number of hydrogen-bond donors (Lipinski definition) is 21. The summed E-state index contributed by atoms with van der Waals surface area (Å²) in [6.07, 6.45) is -0.430. The average Bonchev–Trinajstić information content (AvgIpc) is 0.854. The molecule has 0 aromatic heterocycles. The summed E-state index contributed by atoms with van der Waals surface area (Å²) < 4.78 is 0. The second-order valence-electron chi connectivity index (χ2n) is 24.7. The van der Waals surface area contributed by atoms with Crippen molar-refractivity contribution in [3.63, 3.8) is 0 Å². The Morgan fingerprint density at radius 2 is 0.529 bits per heavy atom. The van der Waals surface area contributed by atoms with Crippen LogP contribution in [0.15, 0.2) is 48.5 Å². The minimum absolute atomic E-state index is 0.0436. The monoisotopic (exact) mass is 1440 g/mol. The third-order valence-electron chi connectivity index (χ3n) is 15.6. The number of phenolic OH excluding ortho intramolecular Hbond substituents is 2. The Bertz CT molecular complexity index is 3250. The van der Waals surface area contributed by atoms with Crippen LogP contribution in [0, 0.1) is 0 Å². The highest BCUT2D eigenvalue weighted by Gasteiger charge is 2.35. The number of rotatable bonds is 44. The van der Waals surface area contributed by atoms with Gasteiger partial charge in [0.05, 0.1) is 6.04 Å². The van der Waals surface area contributed by atoms with Gasteiger partial charge in [0.25, 0.3) is 0 Å². The van der Waals surface area contributed by atoms with Gasteiger partial charge in [0, 0.05) is 19.3 Å². The average molecular weight is 1440 g/mol. The fourth-order valence-corrected chi connectivity index (χ4v) is 9.21. The van der Waals surface area contributed by atoms with E-state index in [1.54, 1.807) is 0 Å². The summed E-state index contributed by atoms with van der Waals surface area (Å²) in [5.74, 6) is -15.2. The summed E-state index contributed by atoms with van der Waals surface area (Å²) in [7, 11) is 0. The fraction of sp³-hybridized carbons (Fsp3) is 0.569. The van der Waals surface area contributed by atoms with E-state index in [1.807, 2.05) is 0 Å². The molecule has 0 saturated heterocycles. The van der Waals surface area contributed by atoms with E-state index in [0.29, 0.717) is 24.0 Å². The first-order valence-corrected chi connectivity index (χ1v) is 33.2. The number of phenols is 2. The van der Waals surface area contributed by atoms with Crippen molar-refractivity contribution < 1.29 is 97.1 Å². The minimum Gasteiger partial charge on any atom is -0.508 e. The zero-order valence-electron chi connectivity index (χ0n) is 58.8. The lowest BCUT2D eigenvalue weighted by Crippen LogP contribution is -2.60. The maximum absolute atomic E-state index is 14.4. The van der Waals surface area contributed by atoms with Crippen LogP contribution >= 0.6 is 0 Å². The first kappa shape index (κ1) is 87.5. The molecular formula is C65H101N17O20. The molecular weight excluding hydrogens is 1340 g/mol. The number of carboxylic acid groups (broad SMARTS) is 2. The van der Waals surface area contributed by atoms with Crippen molar-refractivity contribution in [2.24, 2.45) is 17.2 Å². The fourth-order valence-electron chi connectivity index (χ4n) is 9.21. The van der Waals surface area contributed by atoms with E-state index in [2.05, 4.69) is 74.4 Å². The number of aromatic hydroxyl groups is 2. The van der Waals surface area contributed by atoms with Gasteiger partial charge in [-0.3, -0.25) is 76.7 Å². The van der Waals surface area contributed by atoms with Gasteiger partial charge in [-0.25, -0.2) is 0 Å². The number of nitrogens with two attached hydrogens (primary N) is 3. The molecule has 24 N–H and O–H groups in total. The molecule has 2 aromatic carbocycles. The van der Waals surface area contributed by atoms with Crippen LogP contribution in [0.5, 0.6) is 11.5 Å². The molecule has 0 aliphatic carbocycles. The molecule has 2 aromatic rings. The SMILES string of the molecule is C[C@H](N)C(=O)N[C@@H](C)C(=O)N[C@@H](CCC(=O)O)C(=O)N[C@@H](C)C(=O)N[C@@H](Cc1ccc(O)cc1)C(=O)N[C@@H](CCCCN)C(=O)N[C@@H](C)C(=O)N[C@@H](Cc1ccc(O)cc1)C(=O)N[C@@H](CCCCN)C(=O)N[C@@H](C)C(=O)N[C@@H](C)C(=O)N[C@@H](C)C(=O)N[C@@H](C)C(=O)N[C@@H](C)C(=O)N[C@@H](C)C(=O)O. The van der Waals surface area contributed by atoms with Crippen LogP contribution in [-0.4, -0.2) is 219 Å². The summed E-state index contributed by atoms with van der Waals surface area (Å²) in [5, 5.41) is 72.7. The number of carbonyl (C=O) groups is 16. The summed E-state index contributed by atoms with van der Waals surface area (Å²) in [4.78, 5) is 211. The Labute approximate surface area is 589 Å². The van der Waals surface area contributed by atoms with Crippen molar-refractivity contribution in [1.82, 2.24) is 74.4 Å². The predicted octanol–water partition coefficient (Wildman–Crippen LogP) is -5.60. The van der Waals surface area contributed by atoms with Crippen LogP contribution < -0.4 is 91.6 Å². The molecule has 14 amide bonds. The van der Waals surface area contributed by atoms with Crippen LogP contribution in [0.3, 0.4) is 0 Å². The van der Waals surface area contributed by atoms with E-state index < -0.39 is 198 Å². The second-order valence-corrected chi connectivity index (χ2v) is 24.7. The van der Waals surface area contributed by atoms with Crippen molar-refractivity contribution in [2.45, 2.75) is 224 Å². The predicted molar refractivity (Wildman–Crippen MR) is 366 cm³/mol. The number of aliphatic carboxylic acids is 2. The molecule has 566 valence electrons. The van der Waals surface area contributed by atoms with E-state index >= 15 is 0 Å². The van der Waals surface area contributed by atoms with Crippen molar-refractivity contribution in [2.75, 3.05) is 13.1 Å². The number of amides is 14. The molecule has 0 heterocycles. The maximum Gasteiger partial charge on any atom is 0.325 e. The van der Waals surface area contributed by atoms with Gasteiger partial charge < -0.3 is 112 Å². The first-order chi connectivity index (χ1) is 47.8. The highest BCUT2D eigenvalue weighted by Crippen LogP contribution is 2.15. The maximum atomic E-state index is 14.4. The molecule has 0 unspecified atom stereocenters. The van der Waals surface area contributed by atoms with Crippen molar-refractivity contribution >= 4 is 94.6 Å². The first-order valence-electron chi connectivity index (χ1n) is 33.2. The number of hydrogen-bond acceptors (Lipinski definition) is 21. The summed E-state index contributed by atoms with van der Waals surface area (Å²) in [6.45, 7) is 13.2. The zero-order valence-corrected chi connectivity index (χ0v) is 58.8. The smallest absolute Gasteiger partial charge is 0.325 e. The Hall–Kier alpha value is -10.6. The molecule has 37 nitrogen and oxygen atoms in total. The third kappa shape index (κ3) is 31.7. The molecule has 0 radical (unpaired) electrons. The van der Waals surface area contributed by atoms with Gasteiger partial charge in [0.1, 0.15) is 96.1 Å². The highest BCUT2D eigenvalue weighted by molar-refractivity contribution is 6.00. The Kier molecular flexibility index (Phi) is 37.6. The number of nitrogens with one attached hydrogen (secondary N) is 14. The van der Waals surface area contributed by atoms with E-state index in [9.17, 15) is 92.0 Å². The van der Waals surface area contributed by atoms with Crippen molar-refractivity contribution in [3.05, 3.63) is 59.7 Å². The van der Waals surface area contributed by atoms with Crippen LogP contribution in [0.4, 0.5) is 0 Å². The Balaban J connectivity index is 2.34.